The van der Waals surface area contributed by atoms with Gasteiger partial charge in [0.1, 0.15) is 18.4 Å². The summed E-state index contributed by atoms with van der Waals surface area (Å²) in [4.78, 5) is 20.0. The van der Waals surface area contributed by atoms with E-state index in [-0.39, 0.29) is 11.4 Å². The lowest BCUT2D eigenvalue weighted by Gasteiger charge is -2.32. The van der Waals surface area contributed by atoms with E-state index in [1.54, 1.807) is 6.20 Å². The van der Waals surface area contributed by atoms with Crippen LogP contribution in [-0.4, -0.2) is 34.5 Å². The summed E-state index contributed by atoms with van der Waals surface area (Å²) in [6.45, 7) is 7.83. The SMILES string of the molecule is CC(C)(C)NC(=O)C1c2ccccc2OCCN1Cc1ccccc1-c1cccnc1. The lowest BCUT2D eigenvalue weighted by Crippen LogP contribution is -2.47. The molecule has 1 aromatic heterocycles. The van der Waals surface area contributed by atoms with Crippen molar-refractivity contribution in [2.45, 2.75) is 38.9 Å². The topological polar surface area (TPSA) is 54.5 Å². The van der Waals surface area contributed by atoms with Gasteiger partial charge in [0.25, 0.3) is 0 Å². The number of fused-ring (bicyclic) bond motifs is 1. The van der Waals surface area contributed by atoms with Crippen LogP contribution in [0.25, 0.3) is 11.1 Å². The molecule has 160 valence electrons. The molecule has 4 rings (SSSR count). The van der Waals surface area contributed by atoms with E-state index in [4.69, 9.17) is 4.74 Å². The van der Waals surface area contributed by atoms with Crippen LogP contribution in [0.2, 0.25) is 0 Å². The largest absolute Gasteiger partial charge is 0.492 e. The lowest BCUT2D eigenvalue weighted by molar-refractivity contribution is -0.128. The summed E-state index contributed by atoms with van der Waals surface area (Å²) in [5, 5.41) is 3.17. The van der Waals surface area contributed by atoms with Gasteiger partial charge in [0.05, 0.1) is 0 Å². The zero-order valence-corrected chi connectivity index (χ0v) is 18.3. The molecule has 0 spiro atoms. The number of amides is 1. The second-order valence-corrected chi connectivity index (χ2v) is 8.90. The van der Waals surface area contributed by atoms with Gasteiger partial charge in [-0.2, -0.15) is 0 Å². The third kappa shape index (κ3) is 4.94. The molecule has 0 radical (unpaired) electrons. The number of pyridine rings is 1. The van der Waals surface area contributed by atoms with Crippen molar-refractivity contribution in [1.29, 1.82) is 0 Å². The number of hydrogen-bond donors (Lipinski definition) is 1. The third-order valence-electron chi connectivity index (χ3n) is 5.32. The highest BCUT2D eigenvalue weighted by Gasteiger charge is 2.34. The second-order valence-electron chi connectivity index (χ2n) is 8.90. The predicted molar refractivity (Wildman–Crippen MR) is 123 cm³/mol. The van der Waals surface area contributed by atoms with E-state index in [9.17, 15) is 4.79 Å². The summed E-state index contributed by atoms with van der Waals surface area (Å²) in [5.41, 5.74) is 3.94. The molecule has 5 heteroatoms. The summed E-state index contributed by atoms with van der Waals surface area (Å²) < 4.78 is 6.01. The van der Waals surface area contributed by atoms with Crippen molar-refractivity contribution in [3.8, 4) is 16.9 Å². The molecular formula is C26H29N3O2. The van der Waals surface area contributed by atoms with E-state index in [0.717, 1.165) is 28.0 Å². The van der Waals surface area contributed by atoms with Crippen molar-refractivity contribution in [3.05, 3.63) is 84.2 Å². The Bertz CT molecular complexity index is 1040. The zero-order valence-electron chi connectivity index (χ0n) is 18.3. The molecule has 0 aliphatic carbocycles. The monoisotopic (exact) mass is 415 g/mol. The smallest absolute Gasteiger partial charge is 0.242 e. The van der Waals surface area contributed by atoms with E-state index in [0.29, 0.717) is 19.7 Å². The molecule has 1 atom stereocenters. The Morgan fingerprint density at radius 1 is 1.10 bits per heavy atom. The third-order valence-corrected chi connectivity index (χ3v) is 5.32. The number of para-hydroxylation sites is 1. The molecule has 0 saturated heterocycles. The Kier molecular flexibility index (Phi) is 6.05. The first kappa shape index (κ1) is 21.1. The fourth-order valence-corrected chi connectivity index (χ4v) is 4.03. The number of benzene rings is 2. The Morgan fingerprint density at radius 2 is 1.87 bits per heavy atom. The molecule has 1 aliphatic rings. The van der Waals surface area contributed by atoms with Crippen LogP contribution in [0.1, 0.15) is 37.9 Å². The Labute approximate surface area is 184 Å². The molecule has 0 saturated carbocycles. The fourth-order valence-electron chi connectivity index (χ4n) is 4.03. The van der Waals surface area contributed by atoms with Crippen LogP contribution in [0.4, 0.5) is 0 Å². The van der Waals surface area contributed by atoms with Crippen LogP contribution in [-0.2, 0) is 11.3 Å². The van der Waals surface area contributed by atoms with Crippen LogP contribution in [0.15, 0.2) is 73.1 Å². The van der Waals surface area contributed by atoms with Crippen molar-refractivity contribution in [2.75, 3.05) is 13.2 Å². The van der Waals surface area contributed by atoms with Gasteiger partial charge in [0, 0.05) is 42.1 Å². The normalized spacial score (nSPS) is 16.7. The van der Waals surface area contributed by atoms with E-state index >= 15 is 0 Å². The molecular weight excluding hydrogens is 386 g/mol. The van der Waals surface area contributed by atoms with Crippen LogP contribution < -0.4 is 10.1 Å². The van der Waals surface area contributed by atoms with E-state index in [1.165, 1.54) is 0 Å². The van der Waals surface area contributed by atoms with Crippen molar-refractivity contribution in [1.82, 2.24) is 15.2 Å². The maximum Gasteiger partial charge on any atom is 0.242 e. The molecule has 1 unspecified atom stereocenters. The molecule has 2 heterocycles. The zero-order chi connectivity index (χ0) is 21.8. The molecule has 5 nitrogen and oxygen atoms in total. The maximum absolute atomic E-state index is 13.5. The first-order chi connectivity index (χ1) is 14.9. The van der Waals surface area contributed by atoms with Crippen LogP contribution >= 0.6 is 0 Å². The maximum atomic E-state index is 13.5. The van der Waals surface area contributed by atoms with Gasteiger partial charge < -0.3 is 10.1 Å². The van der Waals surface area contributed by atoms with Gasteiger partial charge >= 0.3 is 0 Å². The van der Waals surface area contributed by atoms with Crippen molar-refractivity contribution in [2.24, 2.45) is 0 Å². The average Bonchev–Trinajstić information content (AvgIpc) is 2.92. The highest BCUT2D eigenvalue weighted by molar-refractivity contribution is 5.84. The highest BCUT2D eigenvalue weighted by atomic mass is 16.5. The number of nitrogens with one attached hydrogen (secondary N) is 1. The summed E-state index contributed by atoms with van der Waals surface area (Å²) in [7, 11) is 0. The number of carbonyl (C=O) groups is 1. The predicted octanol–water partition coefficient (Wildman–Crippen LogP) is 4.60. The Morgan fingerprint density at radius 3 is 2.65 bits per heavy atom. The molecule has 1 aliphatic heterocycles. The minimum Gasteiger partial charge on any atom is -0.492 e. The second kappa shape index (κ2) is 8.90. The van der Waals surface area contributed by atoms with Gasteiger partial charge in [-0.25, -0.2) is 0 Å². The minimum atomic E-state index is -0.431. The molecule has 31 heavy (non-hydrogen) atoms. The van der Waals surface area contributed by atoms with Crippen molar-refractivity contribution in [3.63, 3.8) is 0 Å². The number of nitrogens with zero attached hydrogens (tertiary/aromatic N) is 2. The molecule has 2 aromatic carbocycles. The summed E-state index contributed by atoms with van der Waals surface area (Å²) in [5.74, 6) is 0.768. The van der Waals surface area contributed by atoms with E-state index < -0.39 is 6.04 Å². The summed E-state index contributed by atoms with van der Waals surface area (Å²) in [6.07, 6.45) is 3.66. The van der Waals surface area contributed by atoms with E-state index in [2.05, 4.69) is 33.4 Å². The quantitative estimate of drug-likeness (QED) is 0.677. The van der Waals surface area contributed by atoms with Gasteiger partial charge in [0.2, 0.25) is 5.91 Å². The van der Waals surface area contributed by atoms with Gasteiger partial charge in [-0.3, -0.25) is 14.7 Å². The average molecular weight is 416 g/mol. The molecule has 3 aromatic rings. The number of aromatic nitrogens is 1. The molecule has 1 amide bonds. The van der Waals surface area contributed by atoms with Crippen molar-refractivity contribution < 1.29 is 9.53 Å². The van der Waals surface area contributed by atoms with Gasteiger partial charge in [-0.05, 0) is 44.0 Å². The van der Waals surface area contributed by atoms with Crippen LogP contribution in [0.5, 0.6) is 5.75 Å². The van der Waals surface area contributed by atoms with Gasteiger partial charge in [-0.1, -0.05) is 48.5 Å². The first-order valence-electron chi connectivity index (χ1n) is 10.7. The van der Waals surface area contributed by atoms with Crippen LogP contribution in [0, 0.1) is 0 Å². The standard InChI is InChI=1S/C26H29N3O2/c1-26(2,3)28-25(30)24-22-12-6-7-13-23(22)31-16-15-29(24)18-20-9-4-5-11-21(20)19-10-8-14-27-17-19/h4-14,17,24H,15-16,18H2,1-3H3,(H,28,30). The molecule has 0 bridgehead atoms. The Hall–Kier alpha value is -3.18. The molecule has 0 fully saturated rings. The minimum absolute atomic E-state index is 0.00990. The summed E-state index contributed by atoms with van der Waals surface area (Å²) in [6, 6.07) is 19.7. The Balaban J connectivity index is 1.72. The fraction of sp³-hybridized carbons (Fsp3) is 0.308. The number of rotatable bonds is 4. The first-order valence-corrected chi connectivity index (χ1v) is 10.7. The van der Waals surface area contributed by atoms with Crippen LogP contribution in [0.3, 0.4) is 0 Å². The molecule has 1 N–H and O–H groups in total. The number of hydrogen-bond acceptors (Lipinski definition) is 4. The number of carbonyl (C=O) groups excluding carboxylic acids is 1. The van der Waals surface area contributed by atoms with E-state index in [1.807, 2.05) is 69.4 Å². The highest BCUT2D eigenvalue weighted by Crippen LogP contribution is 2.35. The van der Waals surface area contributed by atoms with Gasteiger partial charge in [-0.15, -0.1) is 0 Å². The number of ether oxygens (including phenoxy) is 1. The van der Waals surface area contributed by atoms with Gasteiger partial charge in [0.15, 0.2) is 0 Å². The lowest BCUT2D eigenvalue weighted by atomic mass is 9.98. The van der Waals surface area contributed by atoms with Crippen molar-refractivity contribution >= 4 is 5.91 Å². The summed E-state index contributed by atoms with van der Waals surface area (Å²) >= 11 is 0.